The van der Waals surface area contributed by atoms with Gasteiger partial charge in [0, 0.05) is 5.56 Å². The van der Waals surface area contributed by atoms with Crippen LogP contribution in [0.1, 0.15) is 24.2 Å². The highest BCUT2D eigenvalue weighted by molar-refractivity contribution is 7.62. The summed E-state index contributed by atoms with van der Waals surface area (Å²) < 4.78 is 28.2. The number of methoxy groups -OCH3 is 1. The van der Waals surface area contributed by atoms with E-state index in [1.54, 1.807) is 26.0 Å². The normalized spacial score (nSPS) is 11.3. The summed E-state index contributed by atoms with van der Waals surface area (Å²) in [4.78, 5) is 10.8. The van der Waals surface area contributed by atoms with Gasteiger partial charge in [-0.2, -0.15) is 0 Å². The Bertz CT molecular complexity index is 448. The van der Waals surface area contributed by atoms with Crippen LogP contribution in [0.2, 0.25) is 0 Å². The monoisotopic (exact) mass is 272 g/mol. The zero-order valence-electron chi connectivity index (χ0n) is 10.7. The summed E-state index contributed by atoms with van der Waals surface area (Å²) in [5.74, 6) is 0.380. The molecule has 1 rings (SSSR count). The molecule has 0 radical (unpaired) electrons. The van der Waals surface area contributed by atoms with Crippen LogP contribution in [0.4, 0.5) is 0 Å². The smallest absolute Gasteiger partial charge is 0.365 e. The van der Waals surface area contributed by atoms with Gasteiger partial charge in [0.25, 0.3) is 0 Å². The lowest BCUT2D eigenvalue weighted by molar-refractivity contribution is 0.112. The summed E-state index contributed by atoms with van der Waals surface area (Å²) >= 11 is 0. The Morgan fingerprint density at radius 1 is 1.22 bits per heavy atom. The van der Waals surface area contributed by atoms with Gasteiger partial charge in [0.05, 0.1) is 20.3 Å². The molecule has 0 atom stereocenters. The average molecular weight is 272 g/mol. The largest absolute Gasteiger partial charge is 0.496 e. The predicted octanol–water partition coefficient (Wildman–Crippen LogP) is 2.40. The van der Waals surface area contributed by atoms with Crippen LogP contribution in [0.3, 0.4) is 0 Å². The maximum absolute atomic E-state index is 12.6. The number of carbonyl (C=O) groups is 1. The number of rotatable bonds is 7. The minimum atomic E-state index is -3.45. The summed E-state index contributed by atoms with van der Waals surface area (Å²) in [5.41, 5.74) is 0.394. The minimum Gasteiger partial charge on any atom is -0.496 e. The van der Waals surface area contributed by atoms with E-state index in [4.69, 9.17) is 13.8 Å². The van der Waals surface area contributed by atoms with Crippen LogP contribution in [0.25, 0.3) is 0 Å². The predicted molar refractivity (Wildman–Crippen MR) is 68.9 cm³/mol. The van der Waals surface area contributed by atoms with E-state index in [2.05, 4.69) is 0 Å². The van der Waals surface area contributed by atoms with Gasteiger partial charge in [0.15, 0.2) is 0 Å². The van der Waals surface area contributed by atoms with Crippen LogP contribution < -0.4 is 10.0 Å². The van der Waals surface area contributed by atoms with Gasteiger partial charge < -0.3 is 13.8 Å². The van der Waals surface area contributed by atoms with Gasteiger partial charge in [0.1, 0.15) is 17.3 Å². The molecule has 18 heavy (non-hydrogen) atoms. The first-order chi connectivity index (χ1) is 8.61. The molecule has 1 aromatic rings. The van der Waals surface area contributed by atoms with Crippen molar-refractivity contribution in [2.45, 2.75) is 13.8 Å². The molecule has 5 nitrogen and oxygen atoms in total. The fourth-order valence-electron chi connectivity index (χ4n) is 1.51. The van der Waals surface area contributed by atoms with Gasteiger partial charge in [0.2, 0.25) is 0 Å². The molecule has 6 heteroatoms. The van der Waals surface area contributed by atoms with E-state index in [1.165, 1.54) is 13.2 Å². The Morgan fingerprint density at radius 2 is 1.83 bits per heavy atom. The van der Waals surface area contributed by atoms with Crippen molar-refractivity contribution in [1.29, 1.82) is 0 Å². The van der Waals surface area contributed by atoms with Crippen LogP contribution in [-0.4, -0.2) is 26.6 Å². The molecular weight excluding hydrogens is 255 g/mol. The van der Waals surface area contributed by atoms with Crippen molar-refractivity contribution in [2.75, 3.05) is 20.3 Å². The van der Waals surface area contributed by atoms with E-state index >= 15 is 0 Å². The first-order valence-corrected chi connectivity index (χ1v) is 7.18. The molecule has 0 fully saturated rings. The van der Waals surface area contributed by atoms with Gasteiger partial charge in [-0.15, -0.1) is 0 Å². The topological polar surface area (TPSA) is 61.8 Å². The zero-order chi connectivity index (χ0) is 13.6. The van der Waals surface area contributed by atoms with Crippen LogP contribution in [0.5, 0.6) is 5.75 Å². The molecule has 0 aliphatic heterocycles. The van der Waals surface area contributed by atoms with Crippen LogP contribution in [-0.2, 0) is 13.6 Å². The highest BCUT2D eigenvalue weighted by Gasteiger charge is 2.30. The van der Waals surface area contributed by atoms with E-state index in [-0.39, 0.29) is 18.5 Å². The summed E-state index contributed by atoms with van der Waals surface area (Å²) in [6.45, 7) is 3.93. The maximum Gasteiger partial charge on any atom is 0.365 e. The van der Waals surface area contributed by atoms with E-state index in [9.17, 15) is 9.36 Å². The molecule has 0 saturated heterocycles. The maximum atomic E-state index is 12.6. The highest BCUT2D eigenvalue weighted by Crippen LogP contribution is 2.49. The third-order valence-electron chi connectivity index (χ3n) is 2.23. The molecule has 0 saturated carbocycles. The molecule has 100 valence electrons. The van der Waals surface area contributed by atoms with Crippen molar-refractivity contribution < 1.29 is 23.1 Å². The van der Waals surface area contributed by atoms with Crippen LogP contribution in [0.15, 0.2) is 18.2 Å². The number of hydrogen-bond acceptors (Lipinski definition) is 5. The van der Waals surface area contributed by atoms with Gasteiger partial charge in [-0.3, -0.25) is 9.36 Å². The first kappa shape index (κ1) is 14.9. The van der Waals surface area contributed by atoms with Gasteiger partial charge in [-0.1, -0.05) is 0 Å². The summed E-state index contributed by atoms with van der Waals surface area (Å²) in [7, 11) is -1.99. The third kappa shape index (κ3) is 3.19. The standard InChI is InChI=1S/C12H17O5P/c1-4-16-18(14,17-5-2)12-8-10(9-13)6-7-11(12)15-3/h6-9H,4-5H2,1-3H3. The van der Waals surface area contributed by atoms with Crippen molar-refractivity contribution in [2.24, 2.45) is 0 Å². The van der Waals surface area contributed by atoms with E-state index in [0.29, 0.717) is 17.6 Å². The fourth-order valence-corrected chi connectivity index (χ4v) is 3.29. The van der Waals surface area contributed by atoms with E-state index in [1.807, 2.05) is 0 Å². The molecule has 0 aromatic heterocycles. The molecule has 0 heterocycles. The van der Waals surface area contributed by atoms with Crippen LogP contribution >= 0.6 is 7.60 Å². The molecular formula is C12H17O5P. The molecule has 0 spiro atoms. The van der Waals surface area contributed by atoms with E-state index < -0.39 is 7.60 Å². The van der Waals surface area contributed by atoms with Crippen molar-refractivity contribution in [3.63, 3.8) is 0 Å². The zero-order valence-corrected chi connectivity index (χ0v) is 11.6. The Morgan fingerprint density at radius 3 is 2.28 bits per heavy atom. The van der Waals surface area contributed by atoms with Gasteiger partial charge in [-0.05, 0) is 32.0 Å². The quantitative estimate of drug-likeness (QED) is 0.563. The van der Waals surface area contributed by atoms with Crippen LogP contribution in [0, 0.1) is 0 Å². The van der Waals surface area contributed by atoms with Crippen molar-refractivity contribution >= 4 is 19.2 Å². The molecule has 0 amide bonds. The van der Waals surface area contributed by atoms with E-state index in [0.717, 1.165) is 0 Å². The lowest BCUT2D eigenvalue weighted by atomic mass is 10.2. The molecule has 0 unspecified atom stereocenters. The Balaban J connectivity index is 3.32. The molecule has 1 aromatic carbocycles. The van der Waals surface area contributed by atoms with Crippen molar-refractivity contribution in [1.82, 2.24) is 0 Å². The Labute approximate surface area is 107 Å². The number of ether oxygens (including phenoxy) is 1. The van der Waals surface area contributed by atoms with Gasteiger partial charge >= 0.3 is 7.60 Å². The fraction of sp³-hybridized carbons (Fsp3) is 0.417. The molecule has 0 aliphatic rings. The van der Waals surface area contributed by atoms with Gasteiger partial charge in [-0.25, -0.2) is 0 Å². The molecule has 0 bridgehead atoms. The number of benzene rings is 1. The minimum absolute atomic E-state index is 0.242. The number of hydrogen-bond donors (Lipinski definition) is 0. The number of aldehydes is 1. The SMILES string of the molecule is CCOP(=O)(OCC)c1cc(C=O)ccc1OC. The highest BCUT2D eigenvalue weighted by atomic mass is 31.2. The summed E-state index contributed by atoms with van der Waals surface area (Å²) in [6.07, 6.45) is 0.672. The average Bonchev–Trinajstić information content (AvgIpc) is 2.38. The lowest BCUT2D eigenvalue weighted by Crippen LogP contribution is -2.14. The Hall–Kier alpha value is -1.16. The second kappa shape index (κ2) is 6.69. The third-order valence-corrected chi connectivity index (χ3v) is 4.37. The number of carbonyl (C=O) groups excluding carboxylic acids is 1. The second-order valence-corrected chi connectivity index (χ2v) is 5.38. The summed E-state index contributed by atoms with van der Waals surface area (Å²) in [6, 6.07) is 4.62. The van der Waals surface area contributed by atoms with Crippen molar-refractivity contribution in [3.05, 3.63) is 23.8 Å². The lowest BCUT2D eigenvalue weighted by Gasteiger charge is -2.19. The second-order valence-electron chi connectivity index (χ2n) is 3.38. The van der Waals surface area contributed by atoms with Crippen molar-refractivity contribution in [3.8, 4) is 5.75 Å². The molecule has 0 aliphatic carbocycles. The Kier molecular flexibility index (Phi) is 5.54. The first-order valence-electron chi connectivity index (χ1n) is 5.64. The molecule has 0 N–H and O–H groups in total. The summed E-state index contributed by atoms with van der Waals surface area (Å²) in [5, 5.41) is 0.276.